The van der Waals surface area contributed by atoms with Crippen molar-refractivity contribution in [1.29, 1.82) is 0 Å². The molecule has 0 bridgehead atoms. The van der Waals surface area contributed by atoms with Gasteiger partial charge in [-0.3, -0.25) is 4.79 Å². The number of aromatic nitrogens is 3. The van der Waals surface area contributed by atoms with Gasteiger partial charge >= 0.3 is 5.69 Å². The predicted octanol–water partition coefficient (Wildman–Crippen LogP) is 0.698. The summed E-state index contributed by atoms with van der Waals surface area (Å²) in [5, 5.41) is 0.824. The van der Waals surface area contributed by atoms with Gasteiger partial charge in [0.05, 0.1) is 11.0 Å². The number of hydrogen-bond donors (Lipinski definition) is 3. The number of hydrogen-bond acceptors (Lipinski definition) is 2. The summed E-state index contributed by atoms with van der Waals surface area (Å²) in [5.41, 5.74) is 0.900. The number of benzene rings is 1. The van der Waals surface area contributed by atoms with Crippen molar-refractivity contribution in [3.63, 3.8) is 0 Å². The van der Waals surface area contributed by atoms with Crippen molar-refractivity contribution in [3.8, 4) is 0 Å². The number of pyridine rings is 1. The number of aromatic amines is 3. The Balaban J connectivity index is 2.75. The zero-order chi connectivity index (χ0) is 10.4. The molecule has 0 aliphatic carbocycles. The van der Waals surface area contributed by atoms with Gasteiger partial charge in [-0.15, -0.1) is 0 Å². The summed E-state index contributed by atoms with van der Waals surface area (Å²) in [7, 11) is 0. The van der Waals surface area contributed by atoms with Crippen molar-refractivity contribution < 1.29 is 0 Å². The first-order valence-corrected chi connectivity index (χ1v) is 4.49. The molecule has 0 aliphatic rings. The Labute approximate surface area is 82.8 Å². The molecule has 0 saturated heterocycles. The maximum Gasteiger partial charge on any atom is 0.323 e. The molecule has 3 N–H and O–H groups in total. The van der Waals surface area contributed by atoms with Crippen molar-refractivity contribution in [2.45, 2.75) is 0 Å². The standard InChI is InChI=1S/C10H7N3O2/c14-9-8-7(12-10(15)13-8)5-3-1-2-4-6(5)11-9/h1-4H,(H,11,14)(H2,12,13,15). The molecule has 2 aromatic heterocycles. The second-order valence-electron chi connectivity index (χ2n) is 3.33. The van der Waals surface area contributed by atoms with E-state index in [0.717, 1.165) is 5.39 Å². The van der Waals surface area contributed by atoms with Gasteiger partial charge in [0.25, 0.3) is 5.56 Å². The topological polar surface area (TPSA) is 81.5 Å². The van der Waals surface area contributed by atoms with E-state index in [1.165, 1.54) is 0 Å². The predicted molar refractivity (Wildman–Crippen MR) is 57.0 cm³/mol. The van der Waals surface area contributed by atoms with E-state index >= 15 is 0 Å². The zero-order valence-corrected chi connectivity index (χ0v) is 7.63. The fourth-order valence-corrected chi connectivity index (χ4v) is 1.75. The summed E-state index contributed by atoms with van der Waals surface area (Å²) in [5.74, 6) is 0. The van der Waals surface area contributed by atoms with Crippen LogP contribution in [-0.2, 0) is 0 Å². The highest BCUT2D eigenvalue weighted by Gasteiger charge is 2.06. The number of imidazole rings is 1. The van der Waals surface area contributed by atoms with Gasteiger partial charge in [0.1, 0.15) is 5.52 Å². The van der Waals surface area contributed by atoms with E-state index in [9.17, 15) is 9.59 Å². The Kier molecular flexibility index (Phi) is 1.39. The maximum atomic E-state index is 11.6. The first-order chi connectivity index (χ1) is 7.25. The molecule has 5 heteroatoms. The lowest BCUT2D eigenvalue weighted by Crippen LogP contribution is -2.07. The number of H-pyrrole nitrogens is 3. The van der Waals surface area contributed by atoms with Gasteiger partial charge < -0.3 is 15.0 Å². The SMILES string of the molecule is O=c1[nH]c2c(=O)[nH]c3ccccc3c2[nH]1. The smallest absolute Gasteiger partial charge is 0.320 e. The van der Waals surface area contributed by atoms with E-state index in [0.29, 0.717) is 16.6 Å². The highest BCUT2D eigenvalue weighted by molar-refractivity contribution is 6.01. The molecule has 74 valence electrons. The van der Waals surface area contributed by atoms with E-state index in [1.54, 1.807) is 6.07 Å². The molecule has 0 aliphatic heterocycles. The van der Waals surface area contributed by atoms with E-state index in [1.807, 2.05) is 18.2 Å². The molecule has 0 atom stereocenters. The van der Waals surface area contributed by atoms with E-state index < -0.39 is 0 Å². The average molecular weight is 201 g/mol. The van der Waals surface area contributed by atoms with Crippen LogP contribution < -0.4 is 11.2 Å². The van der Waals surface area contributed by atoms with Gasteiger partial charge in [-0.1, -0.05) is 18.2 Å². The minimum atomic E-state index is -0.369. The van der Waals surface area contributed by atoms with Crippen molar-refractivity contribution in [2.24, 2.45) is 0 Å². The minimum Gasteiger partial charge on any atom is -0.320 e. The van der Waals surface area contributed by atoms with Gasteiger partial charge in [0.2, 0.25) is 0 Å². The third kappa shape index (κ3) is 1.03. The summed E-state index contributed by atoms with van der Waals surface area (Å²) in [4.78, 5) is 30.5. The first kappa shape index (κ1) is 8.05. The van der Waals surface area contributed by atoms with Gasteiger partial charge in [-0.05, 0) is 6.07 Å². The summed E-state index contributed by atoms with van der Waals surface area (Å²) < 4.78 is 0. The Morgan fingerprint density at radius 1 is 0.867 bits per heavy atom. The first-order valence-electron chi connectivity index (χ1n) is 4.49. The van der Waals surface area contributed by atoms with E-state index in [2.05, 4.69) is 15.0 Å². The molecule has 3 rings (SSSR count). The van der Waals surface area contributed by atoms with Crippen molar-refractivity contribution in [1.82, 2.24) is 15.0 Å². The fraction of sp³-hybridized carbons (Fsp3) is 0. The third-order valence-corrected chi connectivity index (χ3v) is 2.40. The summed E-state index contributed by atoms with van der Waals surface area (Å²) in [6, 6.07) is 7.32. The number of fused-ring (bicyclic) bond motifs is 3. The number of rotatable bonds is 0. The molecule has 5 nitrogen and oxygen atoms in total. The minimum absolute atomic E-state index is 0.290. The second-order valence-corrected chi connectivity index (χ2v) is 3.33. The molecule has 0 saturated carbocycles. The van der Waals surface area contributed by atoms with Gasteiger partial charge in [-0.25, -0.2) is 4.79 Å². The number of nitrogens with one attached hydrogen (secondary N) is 3. The van der Waals surface area contributed by atoms with Crippen molar-refractivity contribution in [3.05, 3.63) is 45.1 Å². The quantitative estimate of drug-likeness (QED) is 0.500. The van der Waals surface area contributed by atoms with Crippen molar-refractivity contribution >= 4 is 21.9 Å². The van der Waals surface area contributed by atoms with Crippen LogP contribution in [0, 0.1) is 0 Å². The highest BCUT2D eigenvalue weighted by atomic mass is 16.1. The van der Waals surface area contributed by atoms with Crippen LogP contribution in [-0.4, -0.2) is 15.0 Å². The molecule has 0 amide bonds. The summed E-state index contributed by atoms with van der Waals surface area (Å²) >= 11 is 0. The van der Waals surface area contributed by atoms with Crippen LogP contribution in [0.3, 0.4) is 0 Å². The molecule has 3 aromatic rings. The average Bonchev–Trinajstić information content (AvgIpc) is 2.61. The van der Waals surface area contributed by atoms with Crippen LogP contribution >= 0.6 is 0 Å². The van der Waals surface area contributed by atoms with Gasteiger partial charge in [0.15, 0.2) is 0 Å². The lowest BCUT2D eigenvalue weighted by molar-refractivity contribution is 1.21. The molecular formula is C10H7N3O2. The molecule has 0 spiro atoms. The fourth-order valence-electron chi connectivity index (χ4n) is 1.75. The largest absolute Gasteiger partial charge is 0.323 e. The molecular weight excluding hydrogens is 194 g/mol. The van der Waals surface area contributed by atoms with Crippen LogP contribution in [0.4, 0.5) is 0 Å². The summed E-state index contributed by atoms with van der Waals surface area (Å²) in [6.07, 6.45) is 0. The number of para-hydroxylation sites is 1. The third-order valence-electron chi connectivity index (χ3n) is 2.40. The molecule has 0 radical (unpaired) electrons. The van der Waals surface area contributed by atoms with Gasteiger partial charge in [-0.2, -0.15) is 0 Å². The Bertz CT molecular complexity index is 763. The van der Waals surface area contributed by atoms with Crippen LogP contribution in [0.2, 0.25) is 0 Å². The molecule has 0 fully saturated rings. The van der Waals surface area contributed by atoms with Crippen molar-refractivity contribution in [2.75, 3.05) is 0 Å². The molecule has 0 unspecified atom stereocenters. The van der Waals surface area contributed by atoms with Gasteiger partial charge in [0, 0.05) is 5.39 Å². The molecule has 15 heavy (non-hydrogen) atoms. The van der Waals surface area contributed by atoms with Crippen LogP contribution in [0.5, 0.6) is 0 Å². The van der Waals surface area contributed by atoms with E-state index in [4.69, 9.17) is 0 Å². The second kappa shape index (κ2) is 2.60. The van der Waals surface area contributed by atoms with Crippen LogP contribution in [0.25, 0.3) is 21.9 Å². The Morgan fingerprint density at radius 2 is 1.60 bits per heavy atom. The van der Waals surface area contributed by atoms with E-state index in [-0.39, 0.29) is 11.2 Å². The molecule has 2 heterocycles. The normalized spacial score (nSPS) is 11.2. The van der Waals surface area contributed by atoms with Crippen LogP contribution in [0.15, 0.2) is 33.9 Å². The lowest BCUT2D eigenvalue weighted by atomic mass is 10.2. The maximum absolute atomic E-state index is 11.6. The van der Waals surface area contributed by atoms with Crippen LogP contribution in [0.1, 0.15) is 0 Å². The highest BCUT2D eigenvalue weighted by Crippen LogP contribution is 2.15. The Morgan fingerprint density at radius 3 is 2.47 bits per heavy atom. The molecule has 1 aromatic carbocycles. The lowest BCUT2D eigenvalue weighted by Gasteiger charge is -1.97. The zero-order valence-electron chi connectivity index (χ0n) is 7.63. The summed E-state index contributed by atoms with van der Waals surface area (Å²) in [6.45, 7) is 0. The Hall–Kier alpha value is -2.30. The monoisotopic (exact) mass is 201 g/mol.